The molecule has 1 amide bonds. The minimum Gasteiger partial charge on any atom is -0.366 e. The lowest BCUT2D eigenvalue weighted by atomic mass is 10.2. The molecule has 0 spiro atoms. The average molecular weight is 178 g/mol. The van der Waals surface area contributed by atoms with Crippen molar-refractivity contribution in [3.63, 3.8) is 0 Å². The van der Waals surface area contributed by atoms with Crippen molar-refractivity contribution < 1.29 is 4.79 Å². The quantitative estimate of drug-likeness (QED) is 0.378. The molecule has 13 heavy (non-hydrogen) atoms. The van der Waals surface area contributed by atoms with Gasteiger partial charge in [0.2, 0.25) is 5.91 Å². The number of carbonyl (C=O) groups is 1. The molecule has 0 aliphatic carbocycles. The number of carbonyl (C=O) groups excluding carboxylic acids is 1. The first-order valence-electron chi connectivity index (χ1n) is 4.47. The first kappa shape index (κ1) is 11.7. The van der Waals surface area contributed by atoms with Gasteiger partial charge in [0.15, 0.2) is 0 Å². The van der Waals surface area contributed by atoms with Gasteiger partial charge in [-0.3, -0.25) is 4.79 Å². The van der Waals surface area contributed by atoms with Gasteiger partial charge < -0.3 is 5.73 Å². The van der Waals surface area contributed by atoms with E-state index in [9.17, 15) is 4.79 Å². The van der Waals surface area contributed by atoms with E-state index in [0.717, 1.165) is 6.42 Å². The van der Waals surface area contributed by atoms with Gasteiger partial charge in [0.1, 0.15) is 0 Å². The van der Waals surface area contributed by atoms with Crippen LogP contribution in [0.3, 0.4) is 0 Å². The van der Waals surface area contributed by atoms with E-state index in [1.165, 1.54) is 18.9 Å². The van der Waals surface area contributed by atoms with E-state index in [2.05, 4.69) is 19.1 Å². The normalized spacial score (nSPS) is 12.1. The maximum Gasteiger partial charge on any atom is 0.242 e. The van der Waals surface area contributed by atoms with Crippen LogP contribution in [-0.2, 0) is 4.79 Å². The minimum atomic E-state index is -0.473. The highest BCUT2D eigenvalue weighted by Gasteiger charge is 1.77. The summed E-state index contributed by atoms with van der Waals surface area (Å²) in [5, 5.41) is 0. The summed E-state index contributed by atoms with van der Waals surface area (Å²) < 4.78 is 0. The van der Waals surface area contributed by atoms with Crippen LogP contribution in [0.15, 0.2) is 30.4 Å². The molecule has 71 valence electrons. The molecule has 0 unspecified atom stereocenters. The molecule has 1 radical (unpaired) electrons. The van der Waals surface area contributed by atoms with E-state index in [4.69, 9.17) is 5.73 Å². The zero-order valence-electron chi connectivity index (χ0n) is 7.99. The molecule has 0 aromatic rings. The van der Waals surface area contributed by atoms with Gasteiger partial charge in [0, 0.05) is 6.08 Å². The number of amides is 1. The van der Waals surface area contributed by atoms with Crippen LogP contribution in [0.2, 0.25) is 0 Å². The van der Waals surface area contributed by atoms with Gasteiger partial charge in [-0.05, 0) is 12.5 Å². The fourth-order valence-electron chi connectivity index (χ4n) is 0.738. The Hall–Kier alpha value is -1.31. The number of unbranched alkanes of at least 4 members (excludes halogenated alkanes) is 2. The molecule has 0 heterocycles. The average Bonchev–Trinajstić information content (AvgIpc) is 2.09. The second-order valence-corrected chi connectivity index (χ2v) is 2.64. The summed E-state index contributed by atoms with van der Waals surface area (Å²) in [5.74, 6) is -0.473. The standard InChI is InChI=1S/C11H16NO/c1-2-3-4-5-6-7-8-9-10-11(12)13/h5-8,10H,2-4H2,1H3,(H2,12,13). The van der Waals surface area contributed by atoms with E-state index >= 15 is 0 Å². The van der Waals surface area contributed by atoms with Crippen molar-refractivity contribution in [1.29, 1.82) is 0 Å². The van der Waals surface area contributed by atoms with Crippen LogP contribution >= 0.6 is 0 Å². The van der Waals surface area contributed by atoms with Crippen LogP contribution in [0.4, 0.5) is 0 Å². The number of hydrogen-bond acceptors (Lipinski definition) is 1. The summed E-state index contributed by atoms with van der Waals surface area (Å²) >= 11 is 0. The molecule has 0 aromatic carbocycles. The molecule has 2 N–H and O–H groups in total. The summed E-state index contributed by atoms with van der Waals surface area (Å²) in [6.45, 7) is 2.16. The third kappa shape index (κ3) is 10.7. The molecule has 2 heteroatoms. The van der Waals surface area contributed by atoms with Crippen molar-refractivity contribution in [3.05, 3.63) is 36.5 Å². The molecule has 0 saturated carbocycles. The molecule has 0 rings (SSSR count). The number of rotatable bonds is 6. The van der Waals surface area contributed by atoms with E-state index in [1.807, 2.05) is 12.2 Å². The second-order valence-electron chi connectivity index (χ2n) is 2.64. The molecule has 0 aliphatic rings. The Morgan fingerprint density at radius 2 is 2.23 bits per heavy atom. The van der Waals surface area contributed by atoms with Crippen LogP contribution in [0.5, 0.6) is 0 Å². The number of primary amides is 1. The van der Waals surface area contributed by atoms with Crippen LogP contribution in [0, 0.1) is 6.08 Å². The zero-order valence-corrected chi connectivity index (χ0v) is 7.99. The Balaban J connectivity index is 3.51. The smallest absolute Gasteiger partial charge is 0.242 e. The van der Waals surface area contributed by atoms with Crippen molar-refractivity contribution >= 4 is 5.91 Å². The molecule has 0 aromatic heterocycles. The van der Waals surface area contributed by atoms with E-state index in [1.54, 1.807) is 6.08 Å². The van der Waals surface area contributed by atoms with Crippen LogP contribution < -0.4 is 5.73 Å². The van der Waals surface area contributed by atoms with Gasteiger partial charge >= 0.3 is 0 Å². The number of hydrogen-bond donors (Lipinski definition) is 1. The lowest BCUT2D eigenvalue weighted by Gasteiger charge is -1.84. The SMILES string of the molecule is CCCCC=CC=C/[C]=C/C(N)=O. The van der Waals surface area contributed by atoms with Gasteiger partial charge in [-0.25, -0.2) is 0 Å². The van der Waals surface area contributed by atoms with Gasteiger partial charge in [-0.15, -0.1) is 0 Å². The molecule has 0 bridgehead atoms. The maximum atomic E-state index is 10.2. The predicted octanol–water partition coefficient (Wildman–Crippen LogP) is 2.13. The highest BCUT2D eigenvalue weighted by molar-refractivity contribution is 5.85. The Bertz CT molecular complexity index is 214. The minimum absolute atomic E-state index is 0.473. The Morgan fingerprint density at radius 1 is 1.46 bits per heavy atom. The van der Waals surface area contributed by atoms with Gasteiger partial charge in [-0.1, -0.05) is 44.1 Å². The summed E-state index contributed by atoms with van der Waals surface area (Å²) in [5.41, 5.74) is 4.86. The van der Waals surface area contributed by atoms with Crippen molar-refractivity contribution in [3.8, 4) is 0 Å². The molecule has 0 saturated heterocycles. The van der Waals surface area contributed by atoms with Crippen LogP contribution in [0.25, 0.3) is 0 Å². The fourth-order valence-corrected chi connectivity index (χ4v) is 0.738. The maximum absolute atomic E-state index is 10.2. The Kier molecular flexibility index (Phi) is 7.90. The van der Waals surface area contributed by atoms with E-state index in [0.29, 0.717) is 0 Å². The lowest BCUT2D eigenvalue weighted by molar-refractivity contribution is -0.113. The third-order valence-corrected chi connectivity index (χ3v) is 1.39. The molecule has 0 fully saturated rings. The highest BCUT2D eigenvalue weighted by atomic mass is 16.1. The third-order valence-electron chi connectivity index (χ3n) is 1.39. The van der Waals surface area contributed by atoms with Gasteiger partial charge in [0.05, 0.1) is 0 Å². The van der Waals surface area contributed by atoms with Crippen molar-refractivity contribution in [2.75, 3.05) is 0 Å². The summed E-state index contributed by atoms with van der Waals surface area (Å²) in [6.07, 6.45) is 14.9. The zero-order chi connectivity index (χ0) is 9.94. The fraction of sp³-hybridized carbons (Fsp3) is 0.364. The first-order valence-corrected chi connectivity index (χ1v) is 4.47. The van der Waals surface area contributed by atoms with E-state index < -0.39 is 5.91 Å². The first-order chi connectivity index (χ1) is 6.27. The largest absolute Gasteiger partial charge is 0.366 e. The van der Waals surface area contributed by atoms with Crippen molar-refractivity contribution in [2.45, 2.75) is 26.2 Å². The van der Waals surface area contributed by atoms with Gasteiger partial charge in [-0.2, -0.15) is 0 Å². The Labute approximate surface area is 79.8 Å². The predicted molar refractivity (Wildman–Crippen MR) is 54.8 cm³/mol. The molecular weight excluding hydrogens is 162 g/mol. The second kappa shape index (κ2) is 8.78. The lowest BCUT2D eigenvalue weighted by Crippen LogP contribution is -2.04. The topological polar surface area (TPSA) is 43.1 Å². The monoisotopic (exact) mass is 178 g/mol. The number of allylic oxidation sites excluding steroid dienone is 5. The summed E-state index contributed by atoms with van der Waals surface area (Å²) in [7, 11) is 0. The van der Waals surface area contributed by atoms with Crippen LogP contribution in [0.1, 0.15) is 26.2 Å². The number of nitrogens with two attached hydrogens (primary N) is 1. The Morgan fingerprint density at radius 3 is 2.85 bits per heavy atom. The van der Waals surface area contributed by atoms with Crippen molar-refractivity contribution in [1.82, 2.24) is 0 Å². The van der Waals surface area contributed by atoms with E-state index in [-0.39, 0.29) is 0 Å². The molecular formula is C11H16NO. The molecule has 0 atom stereocenters. The van der Waals surface area contributed by atoms with Crippen molar-refractivity contribution in [2.24, 2.45) is 5.73 Å². The van der Waals surface area contributed by atoms with Crippen LogP contribution in [-0.4, -0.2) is 5.91 Å². The molecule has 0 aliphatic heterocycles. The summed E-state index contributed by atoms with van der Waals surface area (Å²) in [6, 6.07) is 0. The molecule has 2 nitrogen and oxygen atoms in total. The summed E-state index contributed by atoms with van der Waals surface area (Å²) in [4.78, 5) is 10.2. The van der Waals surface area contributed by atoms with Gasteiger partial charge in [0.25, 0.3) is 0 Å². The highest BCUT2D eigenvalue weighted by Crippen LogP contribution is 1.94.